The maximum atomic E-state index is 13.6. The van der Waals surface area contributed by atoms with Crippen molar-refractivity contribution in [2.45, 2.75) is 19.8 Å². The third-order valence-corrected chi connectivity index (χ3v) is 4.45. The maximum Gasteiger partial charge on any atom is 0.245 e. The van der Waals surface area contributed by atoms with Crippen molar-refractivity contribution in [3.63, 3.8) is 0 Å². The topological polar surface area (TPSA) is 75.4 Å². The molecule has 0 aliphatic carbocycles. The predicted molar refractivity (Wildman–Crippen MR) is 111 cm³/mol. The van der Waals surface area contributed by atoms with Gasteiger partial charge in [0.2, 0.25) is 11.8 Å². The summed E-state index contributed by atoms with van der Waals surface area (Å²) >= 11 is 0. The second-order valence-electron chi connectivity index (χ2n) is 7.30. The normalized spacial score (nSPS) is 10.9. The molecule has 1 N–H and O–H groups in total. The summed E-state index contributed by atoms with van der Waals surface area (Å²) in [6, 6.07) is 20.9. The number of carbonyl (C=O) groups excluding carboxylic acids is 2. The lowest BCUT2D eigenvalue weighted by molar-refractivity contribution is -0.135. The number of nitrogens with zero attached hydrogens (tertiary/aromatic N) is 2. The average molecular weight is 391 g/mol. The molecule has 0 atom stereocenters. The van der Waals surface area contributed by atoms with Crippen LogP contribution < -0.4 is 5.32 Å². The third kappa shape index (κ3) is 5.54. The molecule has 150 valence electrons. The Balaban J connectivity index is 1.87. The van der Waals surface area contributed by atoms with E-state index >= 15 is 0 Å². The summed E-state index contributed by atoms with van der Waals surface area (Å²) in [7, 11) is 0. The van der Waals surface area contributed by atoms with Gasteiger partial charge in [0.25, 0.3) is 0 Å². The first-order valence-corrected chi connectivity index (χ1v) is 9.63. The molecule has 0 aliphatic heterocycles. The molecule has 0 saturated carbocycles. The van der Waals surface area contributed by atoms with Crippen molar-refractivity contribution in [3.8, 4) is 0 Å². The van der Waals surface area contributed by atoms with Gasteiger partial charge in [-0.25, -0.2) is 0 Å². The number of anilines is 1. The Bertz CT molecular complexity index is 870. The van der Waals surface area contributed by atoms with E-state index in [1.165, 1.54) is 6.26 Å². The number of carbonyl (C=O) groups is 2. The third-order valence-electron chi connectivity index (χ3n) is 4.45. The van der Waals surface area contributed by atoms with Crippen molar-refractivity contribution in [1.82, 2.24) is 10.1 Å². The zero-order chi connectivity index (χ0) is 20.6. The maximum absolute atomic E-state index is 13.6. The molecule has 0 unspecified atom stereocenters. The highest BCUT2D eigenvalue weighted by Crippen LogP contribution is 2.27. The summed E-state index contributed by atoms with van der Waals surface area (Å²) < 4.78 is 4.74. The lowest BCUT2D eigenvalue weighted by atomic mass is 9.89. The molecule has 0 bridgehead atoms. The largest absolute Gasteiger partial charge is 0.363 e. The Morgan fingerprint density at radius 1 is 0.966 bits per heavy atom. The van der Waals surface area contributed by atoms with Crippen molar-refractivity contribution >= 4 is 17.6 Å². The minimum atomic E-state index is -0.476. The molecule has 3 aromatic rings. The van der Waals surface area contributed by atoms with Gasteiger partial charge >= 0.3 is 0 Å². The standard InChI is InChI=1S/C23H25N3O3/c1-17(2)15-26(16-21(27)24-20-13-14-29-25-20)23(28)22(18-9-5-3-6-10-18)19-11-7-4-8-12-19/h3-14,17,22H,15-16H2,1-2H3,(H,24,25,27). The van der Waals surface area contributed by atoms with E-state index in [0.717, 1.165) is 11.1 Å². The van der Waals surface area contributed by atoms with E-state index in [1.54, 1.807) is 11.0 Å². The molecule has 6 heteroatoms. The monoisotopic (exact) mass is 391 g/mol. The van der Waals surface area contributed by atoms with Crippen molar-refractivity contribution in [1.29, 1.82) is 0 Å². The summed E-state index contributed by atoms with van der Waals surface area (Å²) in [6.45, 7) is 4.47. The molecule has 0 radical (unpaired) electrons. The van der Waals surface area contributed by atoms with E-state index in [1.807, 2.05) is 74.5 Å². The first-order valence-electron chi connectivity index (χ1n) is 9.63. The van der Waals surface area contributed by atoms with Gasteiger partial charge in [-0.05, 0) is 17.0 Å². The molecular weight excluding hydrogens is 366 g/mol. The van der Waals surface area contributed by atoms with Crippen molar-refractivity contribution < 1.29 is 14.1 Å². The fourth-order valence-corrected chi connectivity index (χ4v) is 3.26. The molecule has 1 aromatic heterocycles. The Labute approximate surface area is 170 Å². The molecule has 2 amide bonds. The Kier molecular flexibility index (Phi) is 6.79. The van der Waals surface area contributed by atoms with Gasteiger partial charge in [0.05, 0.1) is 12.5 Å². The number of aromatic nitrogens is 1. The highest BCUT2D eigenvalue weighted by molar-refractivity contribution is 5.95. The number of hydrogen-bond donors (Lipinski definition) is 1. The van der Waals surface area contributed by atoms with Gasteiger partial charge in [-0.15, -0.1) is 0 Å². The SMILES string of the molecule is CC(C)CN(CC(=O)Nc1ccon1)C(=O)C(c1ccccc1)c1ccccc1. The summed E-state index contributed by atoms with van der Waals surface area (Å²) in [5.41, 5.74) is 1.80. The second kappa shape index (κ2) is 9.68. The van der Waals surface area contributed by atoms with Gasteiger partial charge in [-0.3, -0.25) is 9.59 Å². The van der Waals surface area contributed by atoms with Crippen LogP contribution in [0.1, 0.15) is 30.9 Å². The first kappa shape index (κ1) is 20.3. The molecule has 0 fully saturated rings. The highest BCUT2D eigenvalue weighted by atomic mass is 16.5. The minimum Gasteiger partial charge on any atom is -0.363 e. The molecule has 6 nitrogen and oxygen atoms in total. The van der Waals surface area contributed by atoms with E-state index in [2.05, 4.69) is 10.5 Å². The summed E-state index contributed by atoms with van der Waals surface area (Å²) in [5.74, 6) is -0.351. The van der Waals surface area contributed by atoms with Gasteiger partial charge in [-0.2, -0.15) is 0 Å². The van der Waals surface area contributed by atoms with Crippen molar-refractivity contribution in [3.05, 3.63) is 84.1 Å². The van der Waals surface area contributed by atoms with Crippen LogP contribution in [0.4, 0.5) is 5.82 Å². The second-order valence-corrected chi connectivity index (χ2v) is 7.30. The fraction of sp³-hybridized carbons (Fsp3) is 0.261. The number of nitrogens with one attached hydrogen (secondary N) is 1. The minimum absolute atomic E-state index is 0.0555. The molecule has 2 aromatic carbocycles. The summed E-state index contributed by atoms with van der Waals surface area (Å²) in [6.07, 6.45) is 1.38. The highest BCUT2D eigenvalue weighted by Gasteiger charge is 2.29. The zero-order valence-corrected chi connectivity index (χ0v) is 16.6. The average Bonchev–Trinajstić information content (AvgIpc) is 3.22. The quantitative estimate of drug-likeness (QED) is 0.631. The van der Waals surface area contributed by atoms with Crippen LogP contribution in [0.25, 0.3) is 0 Å². The molecular formula is C23H25N3O3. The molecule has 0 aliphatic rings. The summed E-state index contributed by atoms with van der Waals surface area (Å²) in [4.78, 5) is 27.8. The van der Waals surface area contributed by atoms with E-state index in [4.69, 9.17) is 4.52 Å². The van der Waals surface area contributed by atoms with Crippen molar-refractivity contribution in [2.24, 2.45) is 5.92 Å². The smallest absolute Gasteiger partial charge is 0.245 e. The number of hydrogen-bond acceptors (Lipinski definition) is 4. The van der Waals surface area contributed by atoms with Crippen LogP contribution in [0, 0.1) is 5.92 Å². The van der Waals surface area contributed by atoms with Crippen LogP contribution in [0.3, 0.4) is 0 Å². The molecule has 29 heavy (non-hydrogen) atoms. The van der Waals surface area contributed by atoms with Gasteiger partial charge in [0.15, 0.2) is 5.82 Å². The van der Waals surface area contributed by atoms with Crippen LogP contribution in [0.15, 0.2) is 77.5 Å². The van der Waals surface area contributed by atoms with E-state index in [0.29, 0.717) is 12.4 Å². The number of benzene rings is 2. The van der Waals surface area contributed by atoms with Crippen LogP contribution in [0.5, 0.6) is 0 Å². The van der Waals surface area contributed by atoms with Crippen LogP contribution in [-0.4, -0.2) is 35.0 Å². The first-order chi connectivity index (χ1) is 14.0. The Morgan fingerprint density at radius 3 is 2.03 bits per heavy atom. The van der Waals surface area contributed by atoms with Gasteiger partial charge in [0.1, 0.15) is 6.26 Å². The van der Waals surface area contributed by atoms with E-state index in [-0.39, 0.29) is 24.3 Å². The van der Waals surface area contributed by atoms with Crippen LogP contribution in [-0.2, 0) is 9.59 Å². The lowest BCUT2D eigenvalue weighted by Crippen LogP contribution is -2.42. The van der Waals surface area contributed by atoms with Crippen LogP contribution >= 0.6 is 0 Å². The number of rotatable bonds is 8. The lowest BCUT2D eigenvalue weighted by Gasteiger charge is -2.29. The molecule has 1 heterocycles. The predicted octanol–water partition coefficient (Wildman–Crippen LogP) is 3.93. The molecule has 0 spiro atoms. The van der Waals surface area contributed by atoms with Crippen molar-refractivity contribution in [2.75, 3.05) is 18.4 Å². The van der Waals surface area contributed by atoms with E-state index < -0.39 is 5.92 Å². The van der Waals surface area contributed by atoms with Gasteiger partial charge in [-0.1, -0.05) is 79.7 Å². The summed E-state index contributed by atoms with van der Waals surface area (Å²) in [5, 5.41) is 6.35. The Morgan fingerprint density at radius 2 is 1.55 bits per heavy atom. The number of amides is 2. The molecule has 3 rings (SSSR count). The Hall–Kier alpha value is -3.41. The van der Waals surface area contributed by atoms with Crippen LogP contribution in [0.2, 0.25) is 0 Å². The fourth-order valence-electron chi connectivity index (χ4n) is 3.26. The molecule has 0 saturated heterocycles. The zero-order valence-electron chi connectivity index (χ0n) is 16.6. The van der Waals surface area contributed by atoms with E-state index in [9.17, 15) is 9.59 Å². The van der Waals surface area contributed by atoms with Gasteiger partial charge in [0, 0.05) is 12.6 Å². The van der Waals surface area contributed by atoms with Gasteiger partial charge < -0.3 is 14.7 Å².